The summed E-state index contributed by atoms with van der Waals surface area (Å²) in [4.78, 5) is 4.37. The van der Waals surface area contributed by atoms with Crippen molar-refractivity contribution in [2.24, 2.45) is 0 Å². The van der Waals surface area contributed by atoms with E-state index in [2.05, 4.69) is 15.5 Å². The van der Waals surface area contributed by atoms with Crippen LogP contribution in [0, 0.1) is 0 Å². The fourth-order valence-electron chi connectivity index (χ4n) is 1.95. The van der Waals surface area contributed by atoms with E-state index in [0.717, 1.165) is 50.2 Å². The lowest BCUT2D eigenvalue weighted by molar-refractivity contribution is 0.103. The summed E-state index contributed by atoms with van der Waals surface area (Å²) in [6.45, 7) is 1.75. The Bertz CT molecular complexity index is 343. The Morgan fingerprint density at radius 1 is 1.31 bits per heavy atom. The van der Waals surface area contributed by atoms with E-state index in [1.807, 2.05) is 0 Å². The third kappa shape index (κ3) is 2.41. The maximum atomic E-state index is 5.50. The number of hydrogen-bond acceptors (Lipinski definition) is 5. The monoisotopic (exact) mass is 223 g/mol. The van der Waals surface area contributed by atoms with Crippen molar-refractivity contribution in [3.63, 3.8) is 0 Å². The van der Waals surface area contributed by atoms with Crippen molar-refractivity contribution in [1.29, 1.82) is 0 Å². The molecule has 1 aromatic rings. The summed E-state index contributed by atoms with van der Waals surface area (Å²) in [5.41, 5.74) is 0. The number of rotatable bonds is 5. The summed E-state index contributed by atoms with van der Waals surface area (Å²) in [6, 6.07) is 0.737. The van der Waals surface area contributed by atoms with E-state index >= 15 is 0 Å². The van der Waals surface area contributed by atoms with Gasteiger partial charge in [0.1, 0.15) is 6.10 Å². The molecule has 1 saturated carbocycles. The van der Waals surface area contributed by atoms with Crippen molar-refractivity contribution < 1.29 is 9.26 Å². The summed E-state index contributed by atoms with van der Waals surface area (Å²) in [7, 11) is 0. The van der Waals surface area contributed by atoms with Crippen LogP contribution in [0.15, 0.2) is 4.52 Å². The van der Waals surface area contributed by atoms with Crippen LogP contribution in [-0.4, -0.2) is 29.3 Å². The molecular weight excluding hydrogens is 206 g/mol. The quantitative estimate of drug-likeness (QED) is 0.813. The Morgan fingerprint density at radius 3 is 3.00 bits per heavy atom. The molecule has 2 fully saturated rings. The highest BCUT2D eigenvalue weighted by Gasteiger charge is 2.23. The van der Waals surface area contributed by atoms with Gasteiger partial charge in [-0.2, -0.15) is 4.98 Å². The lowest BCUT2D eigenvalue weighted by Crippen LogP contribution is -2.19. The molecule has 5 heteroatoms. The molecule has 2 heterocycles. The second kappa shape index (κ2) is 4.51. The third-order valence-electron chi connectivity index (χ3n) is 3.05. The summed E-state index contributed by atoms with van der Waals surface area (Å²) < 4.78 is 10.7. The Balaban J connectivity index is 1.50. The van der Waals surface area contributed by atoms with Crippen molar-refractivity contribution in [3.8, 4) is 0 Å². The summed E-state index contributed by atoms with van der Waals surface area (Å²) in [5, 5.41) is 7.40. The van der Waals surface area contributed by atoms with E-state index in [9.17, 15) is 0 Å². The predicted molar refractivity (Wildman–Crippen MR) is 57.0 cm³/mol. The summed E-state index contributed by atoms with van der Waals surface area (Å²) in [6.07, 6.45) is 5.61. The third-order valence-corrected chi connectivity index (χ3v) is 3.05. The van der Waals surface area contributed by atoms with Crippen molar-refractivity contribution in [3.05, 3.63) is 11.7 Å². The highest BCUT2D eigenvalue weighted by molar-refractivity contribution is 4.93. The molecule has 16 heavy (non-hydrogen) atoms. The average molecular weight is 223 g/mol. The molecule has 0 bridgehead atoms. The predicted octanol–water partition coefficient (Wildman–Crippen LogP) is 1.22. The zero-order chi connectivity index (χ0) is 10.8. The van der Waals surface area contributed by atoms with Crippen LogP contribution in [0.25, 0.3) is 0 Å². The zero-order valence-electron chi connectivity index (χ0n) is 9.32. The molecule has 5 nitrogen and oxygen atoms in total. The molecular formula is C11H17N3O2. The van der Waals surface area contributed by atoms with Gasteiger partial charge in [-0.3, -0.25) is 0 Å². The maximum Gasteiger partial charge on any atom is 0.228 e. The summed E-state index contributed by atoms with van der Waals surface area (Å²) >= 11 is 0. The van der Waals surface area contributed by atoms with Gasteiger partial charge >= 0.3 is 0 Å². The molecule has 1 atom stereocenters. The van der Waals surface area contributed by atoms with Crippen LogP contribution >= 0.6 is 0 Å². The highest BCUT2D eigenvalue weighted by Crippen LogP contribution is 2.26. The van der Waals surface area contributed by atoms with Crippen LogP contribution in [0.3, 0.4) is 0 Å². The van der Waals surface area contributed by atoms with Gasteiger partial charge in [0.05, 0.1) is 0 Å². The van der Waals surface area contributed by atoms with Crippen LogP contribution in [-0.2, 0) is 11.2 Å². The molecule has 2 aliphatic rings. The highest BCUT2D eigenvalue weighted by atomic mass is 16.5. The van der Waals surface area contributed by atoms with Crippen molar-refractivity contribution in [2.75, 3.05) is 13.2 Å². The standard InChI is InChI=1S/C11H17N3O2/c1-2-9(15-7-1)11-13-10(16-14-11)5-6-12-8-3-4-8/h8-9,12H,1-7H2. The van der Waals surface area contributed by atoms with E-state index in [1.54, 1.807) is 0 Å². The van der Waals surface area contributed by atoms with Crippen LogP contribution in [0.2, 0.25) is 0 Å². The normalized spacial score (nSPS) is 25.1. The van der Waals surface area contributed by atoms with Crippen LogP contribution in [0.4, 0.5) is 0 Å². The van der Waals surface area contributed by atoms with E-state index in [0.29, 0.717) is 0 Å². The maximum absolute atomic E-state index is 5.50. The number of ether oxygens (including phenoxy) is 1. The van der Waals surface area contributed by atoms with Gasteiger partial charge in [-0.15, -0.1) is 0 Å². The van der Waals surface area contributed by atoms with Gasteiger partial charge < -0.3 is 14.6 Å². The van der Waals surface area contributed by atoms with E-state index in [4.69, 9.17) is 9.26 Å². The van der Waals surface area contributed by atoms with Crippen molar-refractivity contribution in [2.45, 2.75) is 44.2 Å². The molecule has 0 amide bonds. The lowest BCUT2D eigenvalue weighted by atomic mass is 10.2. The first kappa shape index (κ1) is 10.2. The Morgan fingerprint density at radius 2 is 2.25 bits per heavy atom. The minimum absolute atomic E-state index is 0.0638. The van der Waals surface area contributed by atoms with Gasteiger partial charge in [-0.05, 0) is 25.7 Å². The molecule has 1 saturated heterocycles. The first-order chi connectivity index (χ1) is 7.92. The van der Waals surface area contributed by atoms with E-state index in [-0.39, 0.29) is 6.10 Å². The van der Waals surface area contributed by atoms with Gasteiger partial charge in [-0.25, -0.2) is 0 Å². The second-order valence-electron chi connectivity index (χ2n) is 4.53. The Labute approximate surface area is 94.6 Å². The molecule has 1 aliphatic heterocycles. The number of nitrogens with one attached hydrogen (secondary N) is 1. The molecule has 0 aromatic carbocycles. The van der Waals surface area contributed by atoms with Gasteiger partial charge in [-0.1, -0.05) is 5.16 Å². The van der Waals surface area contributed by atoms with Gasteiger partial charge in [0, 0.05) is 25.6 Å². The van der Waals surface area contributed by atoms with Gasteiger partial charge in [0.2, 0.25) is 11.7 Å². The molecule has 1 aliphatic carbocycles. The first-order valence-corrected chi connectivity index (χ1v) is 6.09. The number of hydrogen-bond donors (Lipinski definition) is 1. The fraction of sp³-hybridized carbons (Fsp3) is 0.818. The Kier molecular flexibility index (Phi) is 2.88. The van der Waals surface area contributed by atoms with Crippen molar-refractivity contribution >= 4 is 0 Å². The van der Waals surface area contributed by atoms with Crippen LogP contribution in [0.5, 0.6) is 0 Å². The minimum Gasteiger partial charge on any atom is -0.370 e. The van der Waals surface area contributed by atoms with Gasteiger partial charge in [0.15, 0.2) is 0 Å². The fourth-order valence-corrected chi connectivity index (χ4v) is 1.95. The number of aromatic nitrogens is 2. The molecule has 1 N–H and O–H groups in total. The second-order valence-corrected chi connectivity index (χ2v) is 4.53. The minimum atomic E-state index is 0.0638. The molecule has 0 radical (unpaired) electrons. The number of nitrogens with zero attached hydrogens (tertiary/aromatic N) is 2. The average Bonchev–Trinajstić information content (AvgIpc) is 2.83. The van der Waals surface area contributed by atoms with Crippen molar-refractivity contribution in [1.82, 2.24) is 15.5 Å². The topological polar surface area (TPSA) is 60.2 Å². The Hall–Kier alpha value is -0.940. The van der Waals surface area contributed by atoms with Crippen LogP contribution < -0.4 is 5.32 Å². The lowest BCUT2D eigenvalue weighted by Gasteiger charge is -2.01. The molecule has 1 unspecified atom stereocenters. The van der Waals surface area contributed by atoms with Crippen LogP contribution in [0.1, 0.15) is 43.5 Å². The smallest absolute Gasteiger partial charge is 0.228 e. The molecule has 1 aromatic heterocycles. The SMILES string of the molecule is C1COC(c2noc(CCNC3CC3)n2)C1. The molecule has 88 valence electrons. The van der Waals surface area contributed by atoms with Gasteiger partial charge in [0.25, 0.3) is 0 Å². The molecule has 0 spiro atoms. The van der Waals surface area contributed by atoms with E-state index in [1.165, 1.54) is 12.8 Å². The largest absolute Gasteiger partial charge is 0.370 e. The first-order valence-electron chi connectivity index (χ1n) is 6.09. The summed E-state index contributed by atoms with van der Waals surface area (Å²) in [5.74, 6) is 1.44. The van der Waals surface area contributed by atoms with E-state index < -0.39 is 0 Å². The zero-order valence-corrected chi connectivity index (χ0v) is 9.32. The molecule has 3 rings (SSSR count).